The molecule has 1 N–H and O–H groups in total. The summed E-state index contributed by atoms with van der Waals surface area (Å²) in [7, 11) is 0. The van der Waals surface area contributed by atoms with Crippen molar-refractivity contribution < 1.29 is 14.3 Å². The lowest BCUT2D eigenvalue weighted by Crippen LogP contribution is -2.45. The summed E-state index contributed by atoms with van der Waals surface area (Å²) in [6.07, 6.45) is 2.48. The number of morpholine rings is 1. The van der Waals surface area contributed by atoms with Gasteiger partial charge in [0.1, 0.15) is 5.65 Å². The standard InChI is InChI=1S/C24H26ClN5O3/c1-15-5-7-30-21(13-18-14-28(16(2)31)9-10-33-18)23(27-22(30)11-15)19-4-3-17(12-20(19)25)29-8-6-26-24(29)32/h3-5,7,11-12,18H,6,8-10,13-14H2,1-2H3,(H,26,32)/t18-/m0/s1. The van der Waals surface area contributed by atoms with E-state index in [9.17, 15) is 9.59 Å². The van der Waals surface area contributed by atoms with Gasteiger partial charge in [-0.3, -0.25) is 9.69 Å². The summed E-state index contributed by atoms with van der Waals surface area (Å²) in [5.41, 5.74) is 5.27. The molecule has 172 valence electrons. The molecule has 0 saturated carbocycles. The molecule has 5 rings (SSSR count). The van der Waals surface area contributed by atoms with Crippen LogP contribution < -0.4 is 10.2 Å². The van der Waals surface area contributed by atoms with Crippen molar-refractivity contribution in [2.75, 3.05) is 37.7 Å². The van der Waals surface area contributed by atoms with Gasteiger partial charge in [0.15, 0.2) is 0 Å². The molecule has 9 heteroatoms. The van der Waals surface area contributed by atoms with Crippen molar-refractivity contribution >= 4 is 34.9 Å². The van der Waals surface area contributed by atoms with E-state index in [1.165, 1.54) is 0 Å². The van der Waals surface area contributed by atoms with Crippen molar-refractivity contribution in [3.05, 3.63) is 52.8 Å². The summed E-state index contributed by atoms with van der Waals surface area (Å²) < 4.78 is 8.07. The Balaban J connectivity index is 1.54. The first kappa shape index (κ1) is 21.7. The van der Waals surface area contributed by atoms with Crippen molar-refractivity contribution in [3.8, 4) is 11.3 Å². The van der Waals surface area contributed by atoms with Crippen LogP contribution >= 0.6 is 11.6 Å². The molecule has 4 heterocycles. The number of urea groups is 1. The molecule has 2 saturated heterocycles. The number of imidazole rings is 1. The summed E-state index contributed by atoms with van der Waals surface area (Å²) in [5.74, 6) is 0.0573. The van der Waals surface area contributed by atoms with E-state index >= 15 is 0 Å². The van der Waals surface area contributed by atoms with Crippen LogP contribution in [0.4, 0.5) is 10.5 Å². The molecule has 0 radical (unpaired) electrons. The van der Waals surface area contributed by atoms with Crippen LogP contribution in [-0.4, -0.2) is 65.1 Å². The third-order valence-electron chi connectivity index (χ3n) is 6.26. The number of pyridine rings is 1. The minimum atomic E-state index is -0.131. The molecular weight excluding hydrogens is 442 g/mol. The molecule has 2 aliphatic rings. The fourth-order valence-electron chi connectivity index (χ4n) is 4.53. The van der Waals surface area contributed by atoms with Gasteiger partial charge in [0.25, 0.3) is 0 Å². The number of aromatic nitrogens is 2. The Morgan fingerprint density at radius 1 is 1.27 bits per heavy atom. The number of benzene rings is 1. The van der Waals surface area contributed by atoms with Crippen LogP contribution in [0.5, 0.6) is 0 Å². The normalized spacial score (nSPS) is 18.8. The number of fused-ring (bicyclic) bond motifs is 1. The topological polar surface area (TPSA) is 79.2 Å². The number of carbonyl (C=O) groups excluding carboxylic acids is 2. The third kappa shape index (κ3) is 4.16. The van der Waals surface area contributed by atoms with Gasteiger partial charge in [-0.1, -0.05) is 11.6 Å². The molecule has 33 heavy (non-hydrogen) atoms. The molecule has 0 unspecified atom stereocenters. The van der Waals surface area contributed by atoms with Crippen LogP contribution in [0.2, 0.25) is 5.02 Å². The predicted octanol–water partition coefficient (Wildman–Crippen LogP) is 3.28. The molecule has 1 atom stereocenters. The summed E-state index contributed by atoms with van der Waals surface area (Å²) in [6, 6.07) is 9.60. The number of nitrogens with one attached hydrogen (secondary N) is 1. The maximum absolute atomic E-state index is 12.1. The highest BCUT2D eigenvalue weighted by Crippen LogP contribution is 2.35. The van der Waals surface area contributed by atoms with E-state index in [1.807, 2.05) is 48.4 Å². The van der Waals surface area contributed by atoms with Gasteiger partial charge >= 0.3 is 6.03 Å². The first-order chi connectivity index (χ1) is 15.9. The maximum atomic E-state index is 12.1. The zero-order valence-corrected chi connectivity index (χ0v) is 19.4. The van der Waals surface area contributed by atoms with Crippen molar-refractivity contribution in [2.24, 2.45) is 0 Å². The molecular formula is C24H26ClN5O3. The second-order valence-electron chi connectivity index (χ2n) is 8.55. The van der Waals surface area contributed by atoms with E-state index in [0.29, 0.717) is 44.2 Å². The second kappa shape index (κ2) is 8.68. The summed E-state index contributed by atoms with van der Waals surface area (Å²) in [4.78, 5) is 32.4. The average Bonchev–Trinajstić information content (AvgIpc) is 3.37. The van der Waals surface area contributed by atoms with Gasteiger partial charge in [-0.2, -0.15) is 0 Å². The lowest BCUT2D eigenvalue weighted by atomic mass is 10.0. The number of nitrogens with zero attached hydrogens (tertiary/aromatic N) is 4. The van der Waals surface area contributed by atoms with Gasteiger partial charge in [-0.25, -0.2) is 9.78 Å². The Morgan fingerprint density at radius 2 is 2.12 bits per heavy atom. The van der Waals surface area contributed by atoms with Crippen LogP contribution in [0, 0.1) is 6.92 Å². The number of aryl methyl sites for hydroxylation is 1. The van der Waals surface area contributed by atoms with E-state index in [0.717, 1.165) is 33.8 Å². The Labute approximate surface area is 197 Å². The minimum Gasteiger partial charge on any atom is -0.374 e. The van der Waals surface area contributed by atoms with E-state index in [-0.39, 0.29) is 18.0 Å². The highest BCUT2D eigenvalue weighted by atomic mass is 35.5. The molecule has 8 nitrogen and oxygen atoms in total. The van der Waals surface area contributed by atoms with Crippen molar-refractivity contribution in [1.82, 2.24) is 19.6 Å². The van der Waals surface area contributed by atoms with Crippen molar-refractivity contribution in [3.63, 3.8) is 0 Å². The van der Waals surface area contributed by atoms with Crippen LogP contribution in [0.3, 0.4) is 0 Å². The monoisotopic (exact) mass is 467 g/mol. The average molecular weight is 468 g/mol. The van der Waals surface area contributed by atoms with Crippen LogP contribution in [0.25, 0.3) is 16.9 Å². The van der Waals surface area contributed by atoms with Crippen LogP contribution in [0.15, 0.2) is 36.5 Å². The Bertz CT molecular complexity index is 1240. The van der Waals surface area contributed by atoms with E-state index in [4.69, 9.17) is 21.3 Å². The van der Waals surface area contributed by atoms with Gasteiger partial charge < -0.3 is 19.4 Å². The number of rotatable bonds is 4. The summed E-state index contributed by atoms with van der Waals surface area (Å²) in [6.45, 7) is 6.53. The number of halogens is 1. The molecule has 0 spiro atoms. The smallest absolute Gasteiger partial charge is 0.321 e. The third-order valence-corrected chi connectivity index (χ3v) is 6.57. The van der Waals surface area contributed by atoms with Crippen molar-refractivity contribution in [1.29, 1.82) is 0 Å². The molecule has 2 aliphatic heterocycles. The fraction of sp³-hybridized carbons (Fsp3) is 0.375. The SMILES string of the molecule is CC(=O)N1CCO[C@@H](Cc2c(-c3ccc(N4CCNC4=O)cc3Cl)nc3cc(C)ccn23)C1. The Kier molecular flexibility index (Phi) is 5.72. The Hall–Kier alpha value is -3.10. The molecule has 2 fully saturated rings. The zero-order valence-electron chi connectivity index (χ0n) is 18.7. The van der Waals surface area contributed by atoms with Gasteiger partial charge in [0, 0.05) is 57.0 Å². The van der Waals surface area contributed by atoms with Gasteiger partial charge in [0.05, 0.1) is 29.1 Å². The lowest BCUT2D eigenvalue weighted by molar-refractivity contribution is -0.136. The fourth-order valence-corrected chi connectivity index (χ4v) is 4.80. The highest BCUT2D eigenvalue weighted by Gasteiger charge is 2.27. The molecule has 2 aromatic heterocycles. The van der Waals surface area contributed by atoms with Crippen LogP contribution in [-0.2, 0) is 16.0 Å². The maximum Gasteiger partial charge on any atom is 0.321 e. The number of hydrogen-bond donors (Lipinski definition) is 1. The molecule has 0 aliphatic carbocycles. The summed E-state index contributed by atoms with van der Waals surface area (Å²) in [5, 5.41) is 3.34. The van der Waals surface area contributed by atoms with Crippen molar-refractivity contribution in [2.45, 2.75) is 26.4 Å². The minimum absolute atomic E-state index is 0.0573. The first-order valence-corrected chi connectivity index (χ1v) is 11.5. The molecule has 3 aromatic rings. The van der Waals surface area contributed by atoms with E-state index < -0.39 is 0 Å². The van der Waals surface area contributed by atoms with Gasteiger partial charge in [0.2, 0.25) is 5.91 Å². The van der Waals surface area contributed by atoms with E-state index in [1.54, 1.807) is 11.8 Å². The molecule has 3 amide bonds. The Morgan fingerprint density at radius 3 is 2.85 bits per heavy atom. The van der Waals surface area contributed by atoms with Crippen LogP contribution in [0.1, 0.15) is 18.2 Å². The number of carbonyl (C=O) groups is 2. The number of amides is 3. The quantitative estimate of drug-likeness (QED) is 0.638. The van der Waals surface area contributed by atoms with Gasteiger partial charge in [-0.15, -0.1) is 0 Å². The lowest BCUT2D eigenvalue weighted by Gasteiger charge is -2.32. The first-order valence-electron chi connectivity index (χ1n) is 11.1. The number of hydrogen-bond acceptors (Lipinski definition) is 4. The largest absolute Gasteiger partial charge is 0.374 e. The second-order valence-corrected chi connectivity index (χ2v) is 8.96. The number of anilines is 1. The highest BCUT2D eigenvalue weighted by molar-refractivity contribution is 6.33. The molecule has 0 bridgehead atoms. The number of ether oxygens (including phenoxy) is 1. The summed E-state index contributed by atoms with van der Waals surface area (Å²) >= 11 is 6.74. The van der Waals surface area contributed by atoms with E-state index in [2.05, 4.69) is 9.72 Å². The van der Waals surface area contributed by atoms with Gasteiger partial charge in [-0.05, 0) is 42.8 Å². The molecule has 1 aromatic carbocycles. The zero-order chi connectivity index (χ0) is 23.1. The predicted molar refractivity (Wildman–Crippen MR) is 127 cm³/mol.